The smallest absolute Gasteiger partial charge is 0.422 e. The highest BCUT2D eigenvalue weighted by Gasteiger charge is 2.47. The molecule has 0 N–H and O–H groups in total. The average molecular weight is 463 g/mol. The number of alkyl halides is 3. The molecule has 0 bridgehead atoms. The van der Waals surface area contributed by atoms with Gasteiger partial charge in [-0.2, -0.15) is 13.2 Å². The SMILES string of the molecule is CC1CC(CC(=O)OCc2ccccc2)N(c2c(F)c(F)c(C(F)(F)F)c(F)c2F)C1=O. The monoisotopic (exact) mass is 463 g/mol. The van der Waals surface area contributed by atoms with Gasteiger partial charge in [0.05, 0.1) is 6.42 Å². The van der Waals surface area contributed by atoms with Crippen LogP contribution in [0.15, 0.2) is 30.3 Å². The summed E-state index contributed by atoms with van der Waals surface area (Å²) in [6.45, 7) is 1.21. The molecule has 0 saturated carbocycles. The summed E-state index contributed by atoms with van der Waals surface area (Å²) in [6.07, 6.45) is -6.44. The molecule has 1 aliphatic rings. The molecule has 3 rings (SSSR count). The van der Waals surface area contributed by atoms with Crippen LogP contribution in [0, 0.1) is 29.2 Å². The molecule has 0 aromatic heterocycles. The molecule has 11 heteroatoms. The second-order valence-corrected chi connectivity index (χ2v) is 7.33. The number of amides is 1. The van der Waals surface area contributed by atoms with Crippen LogP contribution in [0.3, 0.4) is 0 Å². The molecule has 1 aliphatic heterocycles. The van der Waals surface area contributed by atoms with E-state index in [0.29, 0.717) is 10.5 Å². The number of rotatable bonds is 5. The lowest BCUT2D eigenvalue weighted by Crippen LogP contribution is -2.37. The number of carbonyl (C=O) groups is 2. The fourth-order valence-corrected chi connectivity index (χ4v) is 3.57. The lowest BCUT2D eigenvalue weighted by atomic mass is 10.1. The van der Waals surface area contributed by atoms with Crippen molar-refractivity contribution in [3.05, 3.63) is 64.7 Å². The van der Waals surface area contributed by atoms with Gasteiger partial charge in [0, 0.05) is 12.0 Å². The molecule has 0 radical (unpaired) electrons. The predicted molar refractivity (Wildman–Crippen MR) is 97.2 cm³/mol. The van der Waals surface area contributed by atoms with E-state index < -0.39 is 71.0 Å². The number of halogens is 7. The summed E-state index contributed by atoms with van der Waals surface area (Å²) in [4.78, 5) is 25.0. The van der Waals surface area contributed by atoms with Gasteiger partial charge >= 0.3 is 12.1 Å². The molecule has 2 aromatic rings. The van der Waals surface area contributed by atoms with Gasteiger partial charge in [0.2, 0.25) is 5.91 Å². The molecule has 0 aliphatic carbocycles. The van der Waals surface area contributed by atoms with Gasteiger partial charge in [0.25, 0.3) is 0 Å². The van der Waals surface area contributed by atoms with E-state index in [0.717, 1.165) is 0 Å². The lowest BCUT2D eigenvalue weighted by Gasteiger charge is -2.26. The van der Waals surface area contributed by atoms with Crippen LogP contribution in [0.4, 0.5) is 36.4 Å². The fourth-order valence-electron chi connectivity index (χ4n) is 3.57. The molecule has 2 unspecified atom stereocenters. The van der Waals surface area contributed by atoms with Crippen molar-refractivity contribution in [2.24, 2.45) is 5.92 Å². The highest BCUT2D eigenvalue weighted by atomic mass is 19.4. The molecule has 1 amide bonds. The van der Waals surface area contributed by atoms with Gasteiger partial charge in [-0.3, -0.25) is 9.59 Å². The molecule has 0 spiro atoms. The Bertz CT molecular complexity index is 1010. The Hall–Kier alpha value is -3.11. The van der Waals surface area contributed by atoms with E-state index in [1.807, 2.05) is 0 Å². The first-order valence-electron chi connectivity index (χ1n) is 9.39. The van der Waals surface area contributed by atoms with E-state index in [2.05, 4.69) is 0 Å². The summed E-state index contributed by atoms with van der Waals surface area (Å²) in [5.74, 6) is -12.9. The highest BCUT2D eigenvalue weighted by Crippen LogP contribution is 2.42. The fraction of sp³-hybridized carbons (Fsp3) is 0.333. The molecule has 1 saturated heterocycles. The van der Waals surface area contributed by atoms with Gasteiger partial charge in [0.1, 0.15) is 17.9 Å². The van der Waals surface area contributed by atoms with Crippen molar-refractivity contribution < 1.29 is 45.1 Å². The average Bonchev–Trinajstić information content (AvgIpc) is 2.98. The van der Waals surface area contributed by atoms with Crippen LogP contribution in [-0.4, -0.2) is 17.9 Å². The number of hydrogen-bond donors (Lipinski definition) is 0. The van der Waals surface area contributed by atoms with Gasteiger partial charge in [-0.15, -0.1) is 0 Å². The zero-order chi connectivity index (χ0) is 23.8. The number of esters is 1. The number of anilines is 1. The molecular formula is C21H16F7NO3. The van der Waals surface area contributed by atoms with Gasteiger partial charge < -0.3 is 9.64 Å². The molecule has 4 nitrogen and oxygen atoms in total. The minimum atomic E-state index is -5.71. The molecule has 2 atom stereocenters. The van der Waals surface area contributed by atoms with Crippen molar-refractivity contribution in [2.45, 2.75) is 38.6 Å². The highest BCUT2D eigenvalue weighted by molar-refractivity contribution is 5.98. The summed E-state index contributed by atoms with van der Waals surface area (Å²) < 4.78 is 101. The quantitative estimate of drug-likeness (QED) is 0.351. The molecule has 2 aromatic carbocycles. The van der Waals surface area contributed by atoms with E-state index in [9.17, 15) is 40.3 Å². The zero-order valence-corrected chi connectivity index (χ0v) is 16.5. The first-order chi connectivity index (χ1) is 14.9. The predicted octanol–water partition coefficient (Wildman–Crippen LogP) is 5.14. The Morgan fingerprint density at radius 3 is 2.12 bits per heavy atom. The topological polar surface area (TPSA) is 46.6 Å². The maximum Gasteiger partial charge on any atom is 0.422 e. The standard InChI is InChI=1S/C21H16F7NO3/c1-10-7-12(8-13(30)32-9-11-5-3-2-4-6-11)29(20(10)31)19-17(24)15(22)14(21(26,27)28)16(23)18(19)25/h2-6,10,12H,7-9H2,1H3. The van der Waals surface area contributed by atoms with E-state index in [1.54, 1.807) is 30.3 Å². The molecule has 172 valence electrons. The zero-order valence-electron chi connectivity index (χ0n) is 16.5. The largest absolute Gasteiger partial charge is 0.461 e. The number of ether oxygens (including phenoxy) is 1. The van der Waals surface area contributed by atoms with Gasteiger partial charge in [-0.25, -0.2) is 17.6 Å². The Balaban J connectivity index is 1.91. The van der Waals surface area contributed by atoms with Crippen molar-refractivity contribution in [3.8, 4) is 0 Å². The first-order valence-corrected chi connectivity index (χ1v) is 9.39. The lowest BCUT2D eigenvalue weighted by molar-refractivity contribution is -0.145. The van der Waals surface area contributed by atoms with Crippen molar-refractivity contribution in [1.82, 2.24) is 0 Å². The second kappa shape index (κ2) is 8.79. The normalized spacial score (nSPS) is 18.9. The molecule has 1 fully saturated rings. The number of carbonyl (C=O) groups excluding carboxylic acids is 2. The van der Waals surface area contributed by atoms with Crippen LogP contribution >= 0.6 is 0 Å². The van der Waals surface area contributed by atoms with Crippen molar-refractivity contribution in [1.29, 1.82) is 0 Å². The molecule has 32 heavy (non-hydrogen) atoms. The minimum Gasteiger partial charge on any atom is -0.461 e. The maximum atomic E-state index is 14.5. The van der Waals surface area contributed by atoms with Crippen molar-refractivity contribution >= 4 is 17.6 Å². The van der Waals surface area contributed by atoms with E-state index in [4.69, 9.17) is 4.74 Å². The van der Waals surface area contributed by atoms with Crippen LogP contribution in [0.2, 0.25) is 0 Å². The van der Waals surface area contributed by atoms with E-state index in [1.165, 1.54) is 6.92 Å². The maximum absolute atomic E-state index is 14.5. The summed E-state index contributed by atoms with van der Waals surface area (Å²) in [5, 5.41) is 0. The van der Waals surface area contributed by atoms with Gasteiger partial charge in [-0.1, -0.05) is 37.3 Å². The van der Waals surface area contributed by atoms with Gasteiger partial charge in [-0.05, 0) is 12.0 Å². The van der Waals surface area contributed by atoms with Crippen LogP contribution in [0.1, 0.15) is 30.9 Å². The Morgan fingerprint density at radius 2 is 1.59 bits per heavy atom. The summed E-state index contributed by atoms with van der Waals surface area (Å²) in [6, 6.07) is 7.18. The molecule has 1 heterocycles. The Kier molecular flexibility index (Phi) is 6.47. The summed E-state index contributed by atoms with van der Waals surface area (Å²) >= 11 is 0. The van der Waals surface area contributed by atoms with Crippen LogP contribution in [-0.2, 0) is 27.1 Å². The Morgan fingerprint density at radius 1 is 1.03 bits per heavy atom. The third-order valence-electron chi connectivity index (χ3n) is 5.06. The first kappa shape index (κ1) is 23.6. The van der Waals surface area contributed by atoms with Crippen molar-refractivity contribution in [3.63, 3.8) is 0 Å². The summed E-state index contributed by atoms with van der Waals surface area (Å²) in [5.41, 5.74) is -3.71. The van der Waals surface area contributed by atoms with Crippen molar-refractivity contribution in [2.75, 3.05) is 4.90 Å². The number of nitrogens with zero attached hydrogens (tertiary/aromatic N) is 1. The molecular weight excluding hydrogens is 447 g/mol. The van der Waals surface area contributed by atoms with Crippen LogP contribution < -0.4 is 4.90 Å². The Labute approximate surface area is 177 Å². The summed E-state index contributed by atoms with van der Waals surface area (Å²) in [7, 11) is 0. The van der Waals surface area contributed by atoms with Gasteiger partial charge in [0.15, 0.2) is 23.3 Å². The number of hydrogen-bond acceptors (Lipinski definition) is 3. The minimum absolute atomic E-state index is 0.136. The van der Waals surface area contributed by atoms with E-state index >= 15 is 0 Å². The number of benzene rings is 2. The second-order valence-electron chi connectivity index (χ2n) is 7.33. The van der Waals surface area contributed by atoms with E-state index in [-0.39, 0.29) is 13.0 Å². The third-order valence-corrected chi connectivity index (χ3v) is 5.06. The third kappa shape index (κ3) is 4.42. The van der Waals surface area contributed by atoms with Crippen LogP contribution in [0.25, 0.3) is 0 Å². The van der Waals surface area contributed by atoms with Crippen LogP contribution in [0.5, 0.6) is 0 Å².